The number of aromatic nitrogens is 3. The average Bonchev–Trinajstić information content (AvgIpc) is 3.09. The van der Waals surface area contributed by atoms with Crippen LogP contribution in [-0.4, -0.2) is 40.7 Å². The van der Waals surface area contributed by atoms with Gasteiger partial charge in [0.1, 0.15) is 5.75 Å². The third-order valence-electron chi connectivity index (χ3n) is 3.59. The topological polar surface area (TPSA) is 66.2 Å². The molecule has 6 nitrogen and oxygen atoms in total. The summed E-state index contributed by atoms with van der Waals surface area (Å²) in [5.74, 6) is 1.06. The number of nitrogens with zero attached hydrogens (tertiary/aromatic N) is 3. The first-order chi connectivity index (χ1) is 12.6. The van der Waals surface area contributed by atoms with E-state index in [2.05, 4.69) is 10.2 Å². The van der Waals surface area contributed by atoms with Crippen LogP contribution in [0, 0.1) is 0 Å². The molecule has 3 aromatic rings. The second kappa shape index (κ2) is 8.25. The Labute approximate surface area is 160 Å². The fourth-order valence-electron chi connectivity index (χ4n) is 2.40. The number of carbonyl (C=O) groups excluding carboxylic acids is 1. The molecule has 0 radical (unpaired) electrons. The Hall–Kier alpha value is -2.51. The zero-order chi connectivity index (χ0) is 18.5. The summed E-state index contributed by atoms with van der Waals surface area (Å²) >= 11 is 7.40. The molecule has 3 rings (SSSR count). The molecule has 8 heteroatoms. The lowest BCUT2D eigenvalue weighted by Gasteiger charge is -2.12. The van der Waals surface area contributed by atoms with Crippen LogP contribution in [0.1, 0.15) is 0 Å². The molecule has 0 saturated carbocycles. The highest BCUT2D eigenvalue weighted by atomic mass is 35.5. The van der Waals surface area contributed by atoms with Crippen molar-refractivity contribution in [3.63, 3.8) is 0 Å². The highest BCUT2D eigenvalue weighted by molar-refractivity contribution is 7.99. The molecule has 0 saturated heterocycles. The number of rotatable bonds is 6. The van der Waals surface area contributed by atoms with Crippen molar-refractivity contribution >= 4 is 29.3 Å². The molecular formula is C18H16ClN3O3S. The van der Waals surface area contributed by atoms with Gasteiger partial charge >= 0.3 is 5.97 Å². The maximum Gasteiger partial charge on any atom is 0.316 e. The van der Waals surface area contributed by atoms with Gasteiger partial charge in [0.15, 0.2) is 11.0 Å². The minimum Gasteiger partial charge on any atom is -0.496 e. The minimum atomic E-state index is -0.338. The van der Waals surface area contributed by atoms with Gasteiger partial charge in [-0.05, 0) is 30.3 Å². The third kappa shape index (κ3) is 3.84. The third-order valence-corrected chi connectivity index (χ3v) is 4.73. The maximum atomic E-state index is 11.5. The van der Waals surface area contributed by atoms with E-state index < -0.39 is 0 Å². The van der Waals surface area contributed by atoms with Crippen LogP contribution >= 0.6 is 23.4 Å². The SMILES string of the molecule is COC(=O)CSc1nnc(-c2ccccc2OC)n1-c1cccc(Cl)c1. The molecule has 2 aromatic carbocycles. The van der Waals surface area contributed by atoms with E-state index in [4.69, 9.17) is 21.1 Å². The first kappa shape index (κ1) is 18.3. The van der Waals surface area contributed by atoms with Gasteiger partial charge in [-0.25, -0.2) is 0 Å². The number of esters is 1. The molecule has 0 fully saturated rings. The Morgan fingerprint density at radius 3 is 2.69 bits per heavy atom. The van der Waals surface area contributed by atoms with Crippen LogP contribution in [0.2, 0.25) is 5.02 Å². The highest BCUT2D eigenvalue weighted by Crippen LogP contribution is 2.33. The number of para-hydroxylation sites is 1. The molecule has 0 spiro atoms. The molecule has 0 aliphatic carbocycles. The summed E-state index contributed by atoms with van der Waals surface area (Å²) in [7, 11) is 2.96. The lowest BCUT2D eigenvalue weighted by Crippen LogP contribution is -2.06. The first-order valence-corrected chi connectivity index (χ1v) is 9.04. The number of ether oxygens (including phenoxy) is 2. The van der Waals surface area contributed by atoms with Crippen LogP contribution in [0.15, 0.2) is 53.7 Å². The van der Waals surface area contributed by atoms with Crippen LogP contribution in [-0.2, 0) is 9.53 Å². The Kier molecular flexibility index (Phi) is 5.80. The minimum absolute atomic E-state index is 0.126. The van der Waals surface area contributed by atoms with Crippen molar-refractivity contribution in [2.24, 2.45) is 0 Å². The molecule has 0 bridgehead atoms. The molecule has 0 amide bonds. The maximum absolute atomic E-state index is 11.5. The van der Waals surface area contributed by atoms with Crippen molar-refractivity contribution < 1.29 is 14.3 Å². The fourth-order valence-corrected chi connectivity index (χ4v) is 3.37. The van der Waals surface area contributed by atoms with Gasteiger partial charge < -0.3 is 9.47 Å². The first-order valence-electron chi connectivity index (χ1n) is 7.68. The summed E-state index contributed by atoms with van der Waals surface area (Å²) in [5, 5.41) is 9.71. The zero-order valence-corrected chi connectivity index (χ0v) is 15.8. The van der Waals surface area contributed by atoms with Crippen LogP contribution in [0.4, 0.5) is 0 Å². The largest absolute Gasteiger partial charge is 0.496 e. The van der Waals surface area contributed by atoms with Crippen molar-refractivity contribution in [2.75, 3.05) is 20.0 Å². The van der Waals surface area contributed by atoms with E-state index in [0.717, 1.165) is 11.3 Å². The van der Waals surface area contributed by atoms with Crippen molar-refractivity contribution in [1.29, 1.82) is 0 Å². The summed E-state index contributed by atoms with van der Waals surface area (Å²) in [6.45, 7) is 0. The summed E-state index contributed by atoms with van der Waals surface area (Å²) in [5.41, 5.74) is 1.57. The number of carbonyl (C=O) groups is 1. The van der Waals surface area contributed by atoms with Crippen LogP contribution in [0.25, 0.3) is 17.1 Å². The summed E-state index contributed by atoms with van der Waals surface area (Å²) in [4.78, 5) is 11.5. The number of methoxy groups -OCH3 is 2. The van der Waals surface area contributed by atoms with E-state index in [1.165, 1.54) is 18.9 Å². The van der Waals surface area contributed by atoms with E-state index in [-0.39, 0.29) is 11.7 Å². The highest BCUT2D eigenvalue weighted by Gasteiger charge is 2.20. The van der Waals surface area contributed by atoms with Crippen molar-refractivity contribution in [1.82, 2.24) is 14.8 Å². The number of thioether (sulfide) groups is 1. The van der Waals surface area contributed by atoms with Crippen molar-refractivity contribution in [3.05, 3.63) is 53.6 Å². The van der Waals surface area contributed by atoms with E-state index >= 15 is 0 Å². The Bertz CT molecular complexity index is 930. The predicted octanol–water partition coefficient (Wildman–Crippen LogP) is 3.86. The lowest BCUT2D eigenvalue weighted by molar-refractivity contribution is -0.137. The summed E-state index contributed by atoms with van der Waals surface area (Å²) < 4.78 is 12.0. The van der Waals surface area contributed by atoms with Crippen LogP contribution in [0.5, 0.6) is 5.75 Å². The quantitative estimate of drug-likeness (QED) is 0.471. The van der Waals surface area contributed by atoms with Gasteiger partial charge in [0.2, 0.25) is 0 Å². The number of halogens is 1. The van der Waals surface area contributed by atoms with Crippen molar-refractivity contribution in [3.8, 4) is 22.8 Å². The summed E-state index contributed by atoms with van der Waals surface area (Å²) in [6, 6.07) is 14.9. The monoisotopic (exact) mass is 389 g/mol. The average molecular weight is 390 g/mol. The number of benzene rings is 2. The molecular weight excluding hydrogens is 374 g/mol. The molecule has 1 aromatic heterocycles. The molecule has 0 aliphatic heterocycles. The number of hydrogen-bond donors (Lipinski definition) is 0. The van der Waals surface area contributed by atoms with E-state index in [0.29, 0.717) is 21.8 Å². The molecule has 1 heterocycles. The van der Waals surface area contributed by atoms with Gasteiger partial charge in [0.25, 0.3) is 0 Å². The van der Waals surface area contributed by atoms with Crippen molar-refractivity contribution in [2.45, 2.75) is 5.16 Å². The van der Waals surface area contributed by atoms with Gasteiger partial charge in [0, 0.05) is 5.02 Å². The predicted molar refractivity (Wildman–Crippen MR) is 101 cm³/mol. The van der Waals surface area contributed by atoms with E-state index in [1.54, 1.807) is 13.2 Å². The van der Waals surface area contributed by atoms with Crippen LogP contribution < -0.4 is 4.74 Å². The molecule has 134 valence electrons. The molecule has 0 unspecified atom stereocenters. The molecule has 26 heavy (non-hydrogen) atoms. The van der Waals surface area contributed by atoms with Gasteiger partial charge in [-0.3, -0.25) is 9.36 Å². The Morgan fingerprint density at radius 1 is 1.15 bits per heavy atom. The van der Waals surface area contributed by atoms with E-state index in [9.17, 15) is 4.79 Å². The Balaban J connectivity index is 2.13. The summed E-state index contributed by atoms with van der Waals surface area (Å²) in [6.07, 6.45) is 0. The van der Waals surface area contributed by atoms with Gasteiger partial charge in [-0.2, -0.15) is 0 Å². The lowest BCUT2D eigenvalue weighted by atomic mass is 10.2. The Morgan fingerprint density at radius 2 is 1.96 bits per heavy atom. The van der Waals surface area contributed by atoms with E-state index in [1.807, 2.05) is 47.0 Å². The molecule has 0 N–H and O–H groups in total. The van der Waals surface area contributed by atoms with Gasteiger partial charge in [-0.15, -0.1) is 10.2 Å². The normalized spacial score (nSPS) is 10.6. The van der Waals surface area contributed by atoms with Crippen LogP contribution in [0.3, 0.4) is 0 Å². The van der Waals surface area contributed by atoms with Gasteiger partial charge in [0.05, 0.1) is 31.2 Å². The number of hydrogen-bond acceptors (Lipinski definition) is 6. The molecule has 0 atom stereocenters. The zero-order valence-electron chi connectivity index (χ0n) is 14.2. The molecule has 0 aliphatic rings. The smallest absolute Gasteiger partial charge is 0.316 e. The fraction of sp³-hybridized carbons (Fsp3) is 0.167. The second-order valence-corrected chi connectivity index (χ2v) is 6.57. The van der Waals surface area contributed by atoms with Gasteiger partial charge in [-0.1, -0.05) is 41.6 Å². The standard InChI is InChI=1S/C18H16ClN3O3S/c1-24-15-9-4-3-8-14(15)17-20-21-18(26-11-16(23)25-2)22(17)13-7-5-6-12(19)10-13/h3-10H,11H2,1-2H3. The second-order valence-electron chi connectivity index (χ2n) is 5.19.